The van der Waals surface area contributed by atoms with E-state index in [0.29, 0.717) is 11.3 Å². The molecule has 0 unspecified atom stereocenters. The number of hydrogen-bond acceptors (Lipinski definition) is 5. The molecular formula is C24H25N3O3. The highest BCUT2D eigenvalue weighted by Crippen LogP contribution is 2.22. The van der Waals surface area contributed by atoms with Gasteiger partial charge < -0.3 is 15.0 Å². The lowest BCUT2D eigenvalue weighted by Crippen LogP contribution is -2.30. The minimum atomic E-state index is -0.926. The van der Waals surface area contributed by atoms with Gasteiger partial charge in [-0.05, 0) is 74.2 Å². The van der Waals surface area contributed by atoms with Crippen molar-refractivity contribution >= 4 is 29.3 Å². The lowest BCUT2D eigenvalue weighted by molar-refractivity contribution is -0.148. The molecule has 1 fully saturated rings. The minimum absolute atomic E-state index is 0.388. The second kappa shape index (κ2) is 10.3. The van der Waals surface area contributed by atoms with E-state index in [-0.39, 0.29) is 5.91 Å². The standard InChI is InChI=1S/C24H25N3O3/c1-18(30-23(28)14-9-19-5-7-20(17-25)8-6-19)24(29)26-21-10-12-22(13-11-21)27-15-3-2-4-16-27/h5-14,18H,2-4,15-16H2,1H3,(H,26,29)/b14-9+/t18-/m1/s1. The van der Waals surface area contributed by atoms with E-state index in [1.54, 1.807) is 30.3 Å². The molecule has 0 spiro atoms. The van der Waals surface area contributed by atoms with Crippen molar-refractivity contribution in [3.63, 3.8) is 0 Å². The summed E-state index contributed by atoms with van der Waals surface area (Å²) in [5, 5.41) is 11.6. The van der Waals surface area contributed by atoms with E-state index in [1.165, 1.54) is 32.3 Å². The first-order chi connectivity index (χ1) is 14.5. The van der Waals surface area contributed by atoms with Crippen LogP contribution in [0, 0.1) is 11.3 Å². The van der Waals surface area contributed by atoms with Gasteiger partial charge in [0, 0.05) is 30.5 Å². The van der Waals surface area contributed by atoms with Gasteiger partial charge >= 0.3 is 5.97 Å². The number of rotatable bonds is 6. The average molecular weight is 403 g/mol. The van der Waals surface area contributed by atoms with Gasteiger partial charge in [0.05, 0.1) is 11.6 Å². The average Bonchev–Trinajstić information content (AvgIpc) is 2.79. The maximum absolute atomic E-state index is 12.3. The quantitative estimate of drug-likeness (QED) is 0.579. The number of nitrogens with zero attached hydrogens (tertiary/aromatic N) is 2. The molecule has 0 aliphatic carbocycles. The molecule has 30 heavy (non-hydrogen) atoms. The van der Waals surface area contributed by atoms with Crippen molar-refractivity contribution < 1.29 is 14.3 Å². The fraction of sp³-hybridized carbons (Fsp3) is 0.292. The number of benzene rings is 2. The molecule has 1 amide bonds. The molecule has 0 radical (unpaired) electrons. The van der Waals surface area contributed by atoms with Gasteiger partial charge in [-0.15, -0.1) is 0 Å². The summed E-state index contributed by atoms with van der Waals surface area (Å²) < 4.78 is 5.17. The van der Waals surface area contributed by atoms with Crippen molar-refractivity contribution in [2.45, 2.75) is 32.3 Å². The summed E-state index contributed by atoms with van der Waals surface area (Å²) in [7, 11) is 0. The van der Waals surface area contributed by atoms with E-state index >= 15 is 0 Å². The first kappa shape index (κ1) is 21.1. The summed E-state index contributed by atoms with van der Waals surface area (Å²) in [5.41, 5.74) is 3.12. The second-order valence-electron chi connectivity index (χ2n) is 7.23. The fourth-order valence-electron chi connectivity index (χ4n) is 3.25. The van der Waals surface area contributed by atoms with Gasteiger partial charge in [-0.25, -0.2) is 4.79 Å². The normalized spacial score (nSPS) is 14.7. The second-order valence-corrected chi connectivity index (χ2v) is 7.23. The number of piperidine rings is 1. The largest absolute Gasteiger partial charge is 0.449 e. The topological polar surface area (TPSA) is 82.4 Å². The Morgan fingerprint density at radius 2 is 1.73 bits per heavy atom. The summed E-state index contributed by atoms with van der Waals surface area (Å²) in [6.07, 6.45) is 5.61. The number of esters is 1. The minimum Gasteiger partial charge on any atom is -0.449 e. The van der Waals surface area contributed by atoms with Crippen LogP contribution in [0.15, 0.2) is 54.6 Å². The molecule has 1 N–H and O–H groups in total. The Bertz CT molecular complexity index is 937. The van der Waals surface area contributed by atoms with Crippen LogP contribution in [0.3, 0.4) is 0 Å². The number of ether oxygens (including phenoxy) is 1. The fourth-order valence-corrected chi connectivity index (χ4v) is 3.25. The van der Waals surface area contributed by atoms with Crippen LogP contribution in [-0.2, 0) is 14.3 Å². The molecule has 2 aromatic carbocycles. The SMILES string of the molecule is C[C@@H](OC(=O)/C=C/c1ccc(C#N)cc1)C(=O)Nc1ccc(N2CCCCC2)cc1. The van der Waals surface area contributed by atoms with Crippen LogP contribution in [0.1, 0.15) is 37.3 Å². The Labute approximate surface area is 176 Å². The summed E-state index contributed by atoms with van der Waals surface area (Å²) >= 11 is 0. The molecule has 6 nitrogen and oxygen atoms in total. The predicted molar refractivity (Wildman–Crippen MR) is 117 cm³/mol. The zero-order chi connectivity index (χ0) is 21.3. The van der Waals surface area contributed by atoms with Gasteiger partial charge in [0.25, 0.3) is 5.91 Å². The van der Waals surface area contributed by atoms with E-state index in [0.717, 1.165) is 24.3 Å². The maximum Gasteiger partial charge on any atom is 0.331 e. The number of carbonyl (C=O) groups is 2. The molecular weight excluding hydrogens is 378 g/mol. The first-order valence-electron chi connectivity index (χ1n) is 10.1. The highest BCUT2D eigenvalue weighted by atomic mass is 16.5. The van der Waals surface area contributed by atoms with Crippen LogP contribution in [0.5, 0.6) is 0 Å². The molecule has 2 aromatic rings. The Hall–Kier alpha value is -3.59. The van der Waals surface area contributed by atoms with Crippen molar-refractivity contribution in [1.29, 1.82) is 5.26 Å². The Balaban J connectivity index is 1.49. The number of anilines is 2. The molecule has 1 heterocycles. The van der Waals surface area contributed by atoms with Crippen molar-refractivity contribution in [2.75, 3.05) is 23.3 Å². The zero-order valence-corrected chi connectivity index (χ0v) is 17.0. The number of amides is 1. The molecule has 0 saturated carbocycles. The number of hydrogen-bond donors (Lipinski definition) is 1. The van der Waals surface area contributed by atoms with Crippen LogP contribution in [0.25, 0.3) is 6.08 Å². The highest BCUT2D eigenvalue weighted by molar-refractivity contribution is 5.96. The lowest BCUT2D eigenvalue weighted by Gasteiger charge is -2.28. The molecule has 1 saturated heterocycles. The monoisotopic (exact) mass is 403 g/mol. The van der Waals surface area contributed by atoms with Crippen molar-refractivity contribution in [2.24, 2.45) is 0 Å². The highest BCUT2D eigenvalue weighted by Gasteiger charge is 2.17. The van der Waals surface area contributed by atoms with Gasteiger partial charge in [0.2, 0.25) is 0 Å². The third-order valence-corrected chi connectivity index (χ3v) is 4.97. The van der Waals surface area contributed by atoms with Gasteiger partial charge in [-0.3, -0.25) is 4.79 Å². The molecule has 154 valence electrons. The van der Waals surface area contributed by atoms with Gasteiger partial charge in [0.1, 0.15) is 0 Å². The number of carbonyl (C=O) groups excluding carboxylic acids is 2. The third kappa shape index (κ3) is 5.95. The molecule has 1 aliphatic heterocycles. The van der Waals surface area contributed by atoms with Crippen LogP contribution < -0.4 is 10.2 Å². The van der Waals surface area contributed by atoms with E-state index in [4.69, 9.17) is 10.00 Å². The lowest BCUT2D eigenvalue weighted by atomic mass is 10.1. The smallest absolute Gasteiger partial charge is 0.331 e. The molecule has 0 bridgehead atoms. The molecule has 0 aromatic heterocycles. The molecule has 3 rings (SSSR count). The summed E-state index contributed by atoms with van der Waals surface area (Å²) in [4.78, 5) is 26.7. The van der Waals surface area contributed by atoms with E-state index in [2.05, 4.69) is 10.2 Å². The predicted octanol–water partition coefficient (Wildman–Crippen LogP) is 4.13. The van der Waals surface area contributed by atoms with Crippen molar-refractivity contribution in [3.05, 3.63) is 65.7 Å². The summed E-state index contributed by atoms with van der Waals surface area (Å²) in [6.45, 7) is 3.66. The van der Waals surface area contributed by atoms with E-state index in [1.807, 2.05) is 30.3 Å². The van der Waals surface area contributed by atoms with E-state index < -0.39 is 12.1 Å². The van der Waals surface area contributed by atoms with E-state index in [9.17, 15) is 9.59 Å². The Kier molecular flexibility index (Phi) is 7.23. The summed E-state index contributed by atoms with van der Waals surface area (Å²) in [5.74, 6) is -0.997. The maximum atomic E-state index is 12.3. The third-order valence-electron chi connectivity index (χ3n) is 4.97. The Morgan fingerprint density at radius 3 is 2.37 bits per heavy atom. The first-order valence-corrected chi connectivity index (χ1v) is 10.1. The molecule has 1 aliphatic rings. The van der Waals surface area contributed by atoms with Crippen LogP contribution >= 0.6 is 0 Å². The molecule has 6 heteroatoms. The van der Waals surface area contributed by atoms with Crippen molar-refractivity contribution in [1.82, 2.24) is 0 Å². The van der Waals surface area contributed by atoms with Crippen LogP contribution in [0.2, 0.25) is 0 Å². The Morgan fingerprint density at radius 1 is 1.07 bits per heavy atom. The van der Waals surface area contributed by atoms with Crippen molar-refractivity contribution in [3.8, 4) is 6.07 Å². The van der Waals surface area contributed by atoms with Crippen LogP contribution in [-0.4, -0.2) is 31.1 Å². The van der Waals surface area contributed by atoms with Gasteiger partial charge in [0.15, 0.2) is 6.10 Å². The van der Waals surface area contributed by atoms with Gasteiger partial charge in [-0.1, -0.05) is 12.1 Å². The summed E-state index contributed by atoms with van der Waals surface area (Å²) in [6, 6.07) is 16.5. The number of nitrogens with one attached hydrogen (secondary N) is 1. The number of nitriles is 1. The zero-order valence-electron chi connectivity index (χ0n) is 17.0. The van der Waals surface area contributed by atoms with Gasteiger partial charge in [-0.2, -0.15) is 5.26 Å². The van der Waals surface area contributed by atoms with Crippen LogP contribution in [0.4, 0.5) is 11.4 Å². The molecule has 1 atom stereocenters.